The smallest absolute Gasteiger partial charge is 0.240 e. The summed E-state index contributed by atoms with van der Waals surface area (Å²) in [5.74, 6) is 1.99. The van der Waals surface area contributed by atoms with Gasteiger partial charge in [-0.15, -0.1) is 11.8 Å². The van der Waals surface area contributed by atoms with Gasteiger partial charge >= 0.3 is 0 Å². The van der Waals surface area contributed by atoms with Gasteiger partial charge in [0.1, 0.15) is 0 Å². The fourth-order valence-corrected chi connectivity index (χ4v) is 4.05. The van der Waals surface area contributed by atoms with E-state index in [0.29, 0.717) is 0 Å². The summed E-state index contributed by atoms with van der Waals surface area (Å²) in [6.07, 6.45) is 3.30. The molecular formula is C18H26N2O2S. The van der Waals surface area contributed by atoms with Crippen molar-refractivity contribution in [3.05, 3.63) is 35.4 Å². The number of nitrogens with one attached hydrogen (secondary N) is 1. The molecule has 0 radical (unpaired) electrons. The molecule has 0 spiro atoms. The van der Waals surface area contributed by atoms with Crippen molar-refractivity contribution < 1.29 is 9.53 Å². The summed E-state index contributed by atoms with van der Waals surface area (Å²) in [5.41, 5.74) is 2.56. The van der Waals surface area contributed by atoms with Crippen molar-refractivity contribution in [3.63, 3.8) is 0 Å². The highest BCUT2D eigenvalue weighted by atomic mass is 32.2. The Morgan fingerprint density at radius 3 is 2.87 bits per heavy atom. The molecule has 2 aliphatic rings. The number of aryl methyl sites for hydroxylation is 1. The zero-order chi connectivity index (χ0) is 16.1. The molecule has 23 heavy (non-hydrogen) atoms. The predicted octanol–water partition coefficient (Wildman–Crippen LogP) is 2.21. The van der Waals surface area contributed by atoms with Gasteiger partial charge in [0.05, 0.1) is 12.1 Å². The molecule has 0 aromatic heterocycles. The quantitative estimate of drug-likeness (QED) is 0.866. The summed E-state index contributed by atoms with van der Waals surface area (Å²) in [6, 6.07) is 8.56. The van der Waals surface area contributed by atoms with Gasteiger partial charge in [-0.05, 0) is 31.7 Å². The molecule has 1 aromatic rings. The number of rotatable bonds is 6. The maximum atomic E-state index is 12.8. The van der Waals surface area contributed by atoms with E-state index in [9.17, 15) is 4.79 Å². The third-order valence-electron chi connectivity index (χ3n) is 4.57. The number of nitrogens with zero attached hydrogens (tertiary/aromatic N) is 1. The van der Waals surface area contributed by atoms with Crippen molar-refractivity contribution in [1.29, 1.82) is 0 Å². The van der Waals surface area contributed by atoms with Gasteiger partial charge in [-0.1, -0.05) is 29.8 Å². The van der Waals surface area contributed by atoms with Gasteiger partial charge in [-0.3, -0.25) is 10.1 Å². The van der Waals surface area contributed by atoms with Gasteiger partial charge in [-0.2, -0.15) is 0 Å². The van der Waals surface area contributed by atoms with Crippen LogP contribution in [0, 0.1) is 6.92 Å². The zero-order valence-electron chi connectivity index (χ0n) is 13.8. The average molecular weight is 334 g/mol. The number of amides is 1. The van der Waals surface area contributed by atoms with Crippen LogP contribution >= 0.6 is 11.8 Å². The summed E-state index contributed by atoms with van der Waals surface area (Å²) in [4.78, 5) is 14.8. The Balaban J connectivity index is 1.61. The number of benzene rings is 1. The second-order valence-electron chi connectivity index (χ2n) is 6.43. The predicted molar refractivity (Wildman–Crippen MR) is 94.7 cm³/mol. The molecule has 0 aliphatic carbocycles. The lowest BCUT2D eigenvalue weighted by Crippen LogP contribution is -2.48. The molecule has 2 fully saturated rings. The van der Waals surface area contributed by atoms with E-state index in [1.54, 1.807) is 11.8 Å². The largest absolute Gasteiger partial charge is 0.376 e. The molecule has 4 nitrogen and oxygen atoms in total. The summed E-state index contributed by atoms with van der Waals surface area (Å²) in [7, 11) is 0. The van der Waals surface area contributed by atoms with Crippen LogP contribution in [-0.4, -0.2) is 54.3 Å². The van der Waals surface area contributed by atoms with Crippen LogP contribution in [0.1, 0.15) is 24.0 Å². The molecule has 2 heterocycles. The maximum absolute atomic E-state index is 12.8. The lowest BCUT2D eigenvalue weighted by molar-refractivity contribution is -0.134. The van der Waals surface area contributed by atoms with E-state index in [1.807, 2.05) is 4.90 Å². The minimum Gasteiger partial charge on any atom is -0.376 e. The first-order chi connectivity index (χ1) is 11.2. The monoisotopic (exact) mass is 334 g/mol. The molecule has 1 amide bonds. The second-order valence-corrected chi connectivity index (χ2v) is 7.46. The van der Waals surface area contributed by atoms with Gasteiger partial charge in [0.25, 0.3) is 0 Å². The van der Waals surface area contributed by atoms with Crippen molar-refractivity contribution in [2.45, 2.75) is 38.3 Å². The number of hydrogen-bond donors (Lipinski definition) is 1. The van der Waals surface area contributed by atoms with Crippen LogP contribution in [0.2, 0.25) is 0 Å². The first kappa shape index (κ1) is 16.8. The standard InChI is InChI=1S/C18H26N2O2S/c1-14-4-6-15(7-5-14)8-9-20(11-16-3-2-10-22-16)18(21)17-12-23-13-19-17/h4-7,16-17,19H,2-3,8-13H2,1H3/t16?,17-/m1/s1. The molecule has 0 saturated carbocycles. The number of thioether (sulfide) groups is 1. The Morgan fingerprint density at radius 1 is 1.39 bits per heavy atom. The Labute approximate surface area is 143 Å². The van der Waals surface area contributed by atoms with Crippen molar-refractivity contribution in [2.24, 2.45) is 0 Å². The van der Waals surface area contributed by atoms with E-state index in [0.717, 1.165) is 50.6 Å². The fraction of sp³-hybridized carbons (Fsp3) is 0.611. The van der Waals surface area contributed by atoms with E-state index in [2.05, 4.69) is 36.5 Å². The van der Waals surface area contributed by atoms with Crippen molar-refractivity contribution in [2.75, 3.05) is 31.3 Å². The lowest BCUT2D eigenvalue weighted by Gasteiger charge is -2.28. The van der Waals surface area contributed by atoms with Crippen LogP contribution < -0.4 is 5.32 Å². The van der Waals surface area contributed by atoms with E-state index in [4.69, 9.17) is 4.74 Å². The summed E-state index contributed by atoms with van der Waals surface area (Å²) in [6.45, 7) is 4.43. The Morgan fingerprint density at radius 2 is 2.22 bits per heavy atom. The zero-order valence-corrected chi connectivity index (χ0v) is 14.6. The Bertz CT molecular complexity index is 508. The molecule has 1 aromatic carbocycles. The van der Waals surface area contributed by atoms with E-state index >= 15 is 0 Å². The highest BCUT2D eigenvalue weighted by molar-refractivity contribution is 7.99. The van der Waals surface area contributed by atoms with Crippen LogP contribution in [0.25, 0.3) is 0 Å². The Kier molecular flexibility index (Phi) is 5.97. The highest BCUT2D eigenvalue weighted by Crippen LogP contribution is 2.17. The first-order valence-electron chi connectivity index (χ1n) is 8.49. The van der Waals surface area contributed by atoms with Gasteiger partial charge in [0.2, 0.25) is 5.91 Å². The molecule has 2 atom stereocenters. The van der Waals surface area contributed by atoms with Crippen molar-refractivity contribution in [3.8, 4) is 0 Å². The normalized spacial score (nSPS) is 24.0. The first-order valence-corrected chi connectivity index (χ1v) is 9.65. The number of ether oxygens (including phenoxy) is 1. The highest BCUT2D eigenvalue weighted by Gasteiger charge is 2.29. The van der Waals surface area contributed by atoms with Crippen molar-refractivity contribution >= 4 is 17.7 Å². The van der Waals surface area contributed by atoms with Crippen LogP contribution in [-0.2, 0) is 16.0 Å². The van der Waals surface area contributed by atoms with Gasteiger partial charge in [0.15, 0.2) is 0 Å². The Hall–Kier alpha value is -1.04. The average Bonchev–Trinajstić information content (AvgIpc) is 3.26. The number of hydrogen-bond acceptors (Lipinski definition) is 4. The van der Waals surface area contributed by atoms with E-state index in [-0.39, 0.29) is 18.1 Å². The van der Waals surface area contributed by atoms with Crippen LogP contribution in [0.5, 0.6) is 0 Å². The SMILES string of the molecule is Cc1ccc(CCN(CC2CCCO2)C(=O)[C@H]2CSCN2)cc1. The van der Waals surface area contributed by atoms with Crippen LogP contribution in [0.15, 0.2) is 24.3 Å². The number of carbonyl (C=O) groups excluding carboxylic acids is 1. The molecule has 2 aliphatic heterocycles. The summed E-state index contributed by atoms with van der Waals surface area (Å²) in [5, 5.41) is 3.30. The molecule has 3 rings (SSSR count). The topological polar surface area (TPSA) is 41.6 Å². The third kappa shape index (κ3) is 4.72. The van der Waals surface area contributed by atoms with Gasteiger partial charge in [0, 0.05) is 31.3 Å². The van der Waals surface area contributed by atoms with Crippen molar-refractivity contribution in [1.82, 2.24) is 10.2 Å². The lowest BCUT2D eigenvalue weighted by atomic mass is 10.1. The molecule has 0 bridgehead atoms. The van der Waals surface area contributed by atoms with Crippen LogP contribution in [0.4, 0.5) is 0 Å². The van der Waals surface area contributed by atoms with E-state index < -0.39 is 0 Å². The molecule has 5 heteroatoms. The minimum absolute atomic E-state index is 0.0283. The number of carbonyl (C=O) groups is 1. The van der Waals surface area contributed by atoms with Crippen LogP contribution in [0.3, 0.4) is 0 Å². The van der Waals surface area contributed by atoms with Gasteiger partial charge < -0.3 is 9.64 Å². The molecular weight excluding hydrogens is 308 g/mol. The van der Waals surface area contributed by atoms with E-state index in [1.165, 1.54) is 11.1 Å². The second kappa shape index (κ2) is 8.18. The molecule has 1 unspecified atom stereocenters. The third-order valence-corrected chi connectivity index (χ3v) is 5.50. The molecule has 126 valence electrons. The summed E-state index contributed by atoms with van der Waals surface area (Å²) < 4.78 is 5.74. The molecule has 1 N–H and O–H groups in total. The molecule has 2 saturated heterocycles. The van der Waals surface area contributed by atoms with Gasteiger partial charge in [-0.25, -0.2) is 0 Å². The maximum Gasteiger partial charge on any atom is 0.240 e. The summed E-state index contributed by atoms with van der Waals surface area (Å²) >= 11 is 1.80. The minimum atomic E-state index is -0.0283. The fourth-order valence-electron chi connectivity index (χ4n) is 3.12.